The number of carbonyl (C=O) groups is 3. The number of amides is 1. The molecule has 7 nitrogen and oxygen atoms in total. The van der Waals surface area contributed by atoms with Crippen molar-refractivity contribution in [3.05, 3.63) is 95.6 Å². The Morgan fingerprint density at radius 2 is 1.45 bits per heavy atom. The van der Waals surface area contributed by atoms with Gasteiger partial charge in [-0.1, -0.05) is 30.3 Å². The van der Waals surface area contributed by atoms with Crippen LogP contribution in [0.5, 0.6) is 5.75 Å². The second-order valence-corrected chi connectivity index (χ2v) is 7.39. The van der Waals surface area contributed by atoms with Crippen molar-refractivity contribution in [3.8, 4) is 5.75 Å². The third kappa shape index (κ3) is 4.43. The number of hydrogen-bond donors (Lipinski definition) is 0. The lowest BCUT2D eigenvalue weighted by atomic mass is 9.89. The van der Waals surface area contributed by atoms with E-state index in [-0.39, 0.29) is 12.5 Å². The van der Waals surface area contributed by atoms with Crippen LogP contribution in [-0.4, -0.2) is 37.7 Å². The van der Waals surface area contributed by atoms with Gasteiger partial charge in [-0.15, -0.1) is 0 Å². The van der Waals surface area contributed by atoms with Gasteiger partial charge in [-0.3, -0.25) is 9.69 Å². The predicted octanol–water partition coefficient (Wildman–Crippen LogP) is 4.19. The summed E-state index contributed by atoms with van der Waals surface area (Å²) in [5.74, 6) is -0.469. The molecule has 0 saturated carbocycles. The van der Waals surface area contributed by atoms with Gasteiger partial charge in [0.25, 0.3) is 5.91 Å². The highest BCUT2D eigenvalue weighted by Gasteiger charge is 2.51. The van der Waals surface area contributed by atoms with Crippen LogP contribution in [0.3, 0.4) is 0 Å². The van der Waals surface area contributed by atoms with Gasteiger partial charge in [-0.2, -0.15) is 0 Å². The molecule has 1 heterocycles. The van der Waals surface area contributed by atoms with Crippen LogP contribution in [0.15, 0.2) is 78.9 Å². The van der Waals surface area contributed by atoms with Gasteiger partial charge in [0.05, 0.1) is 24.8 Å². The van der Waals surface area contributed by atoms with E-state index in [1.807, 2.05) is 18.2 Å². The monoisotopic (exact) mass is 445 g/mol. The molecule has 33 heavy (non-hydrogen) atoms. The van der Waals surface area contributed by atoms with E-state index >= 15 is 0 Å². The fourth-order valence-electron chi connectivity index (χ4n) is 3.74. The van der Waals surface area contributed by atoms with Crippen LogP contribution >= 0.6 is 0 Å². The van der Waals surface area contributed by atoms with E-state index in [1.165, 1.54) is 7.11 Å². The van der Waals surface area contributed by atoms with Gasteiger partial charge < -0.3 is 14.2 Å². The van der Waals surface area contributed by atoms with Gasteiger partial charge in [-0.25, -0.2) is 9.59 Å². The van der Waals surface area contributed by atoms with Crippen molar-refractivity contribution in [2.24, 2.45) is 0 Å². The molecule has 0 radical (unpaired) electrons. The van der Waals surface area contributed by atoms with E-state index in [0.717, 1.165) is 5.56 Å². The average Bonchev–Trinajstić information content (AvgIpc) is 2.86. The first-order valence-corrected chi connectivity index (χ1v) is 10.5. The minimum Gasteiger partial charge on any atom is -0.478 e. The Hall–Kier alpha value is -4.13. The summed E-state index contributed by atoms with van der Waals surface area (Å²) >= 11 is 0. The first kappa shape index (κ1) is 22.1. The largest absolute Gasteiger partial charge is 0.478 e. The molecule has 3 aromatic carbocycles. The normalized spacial score (nSPS) is 17.2. The molecule has 2 unspecified atom stereocenters. The number of benzene rings is 3. The molecule has 0 bridgehead atoms. The van der Waals surface area contributed by atoms with Crippen LogP contribution in [0, 0.1) is 0 Å². The van der Waals surface area contributed by atoms with Gasteiger partial charge in [0.1, 0.15) is 11.8 Å². The Balaban J connectivity index is 1.64. The van der Waals surface area contributed by atoms with Crippen molar-refractivity contribution in [2.45, 2.75) is 19.1 Å². The molecule has 1 saturated heterocycles. The maximum Gasteiger partial charge on any atom is 0.338 e. The van der Waals surface area contributed by atoms with E-state index in [2.05, 4.69) is 0 Å². The third-order valence-corrected chi connectivity index (χ3v) is 5.38. The molecule has 0 aliphatic carbocycles. The Bertz CT molecular complexity index is 1140. The Morgan fingerprint density at radius 3 is 2.06 bits per heavy atom. The highest BCUT2D eigenvalue weighted by atomic mass is 16.5. The van der Waals surface area contributed by atoms with Crippen molar-refractivity contribution in [3.63, 3.8) is 0 Å². The average molecular weight is 445 g/mol. The summed E-state index contributed by atoms with van der Waals surface area (Å²) in [5.41, 5.74) is 2.25. The summed E-state index contributed by atoms with van der Waals surface area (Å²) in [6.45, 7) is 2.03. The quantitative estimate of drug-likeness (QED) is 0.401. The molecule has 168 valence electrons. The van der Waals surface area contributed by atoms with Crippen LogP contribution in [0.1, 0.15) is 39.2 Å². The second-order valence-electron chi connectivity index (χ2n) is 7.39. The number of methoxy groups -OCH3 is 1. The fourth-order valence-corrected chi connectivity index (χ4v) is 3.74. The first-order valence-electron chi connectivity index (χ1n) is 10.5. The van der Waals surface area contributed by atoms with Crippen molar-refractivity contribution >= 4 is 23.5 Å². The minimum atomic E-state index is -0.735. The van der Waals surface area contributed by atoms with Crippen LogP contribution in [0.4, 0.5) is 5.69 Å². The van der Waals surface area contributed by atoms with Crippen LogP contribution in [0.2, 0.25) is 0 Å². The number of para-hydroxylation sites is 1. The SMILES string of the molecule is CCOC(=O)c1ccc(N2C(=O)C(Oc3ccccc3)C2c2ccc(C(=O)OC)cc2)cc1. The number of hydrogen-bond acceptors (Lipinski definition) is 6. The Labute approximate surface area is 191 Å². The molecule has 1 aliphatic heterocycles. The molecule has 1 amide bonds. The lowest BCUT2D eigenvalue weighted by Gasteiger charge is -2.46. The van der Waals surface area contributed by atoms with Gasteiger partial charge in [0.15, 0.2) is 0 Å². The van der Waals surface area contributed by atoms with E-state index in [0.29, 0.717) is 22.6 Å². The maximum atomic E-state index is 13.1. The summed E-state index contributed by atoms with van der Waals surface area (Å²) in [7, 11) is 1.33. The van der Waals surface area contributed by atoms with E-state index in [1.54, 1.807) is 72.5 Å². The number of rotatable bonds is 7. The Kier molecular flexibility index (Phi) is 6.40. The Morgan fingerprint density at radius 1 is 0.848 bits per heavy atom. The zero-order valence-corrected chi connectivity index (χ0v) is 18.3. The number of ether oxygens (including phenoxy) is 3. The molecule has 2 atom stereocenters. The molecule has 3 aromatic rings. The lowest BCUT2D eigenvalue weighted by molar-refractivity contribution is -0.135. The van der Waals surface area contributed by atoms with Crippen LogP contribution < -0.4 is 9.64 Å². The van der Waals surface area contributed by atoms with Crippen molar-refractivity contribution < 1.29 is 28.6 Å². The summed E-state index contributed by atoms with van der Waals surface area (Å²) in [5, 5.41) is 0. The third-order valence-electron chi connectivity index (χ3n) is 5.38. The summed E-state index contributed by atoms with van der Waals surface area (Å²) in [4.78, 5) is 38.5. The summed E-state index contributed by atoms with van der Waals surface area (Å²) < 4.78 is 15.8. The molecule has 1 aliphatic rings. The smallest absolute Gasteiger partial charge is 0.338 e. The molecule has 7 heteroatoms. The number of carbonyl (C=O) groups excluding carboxylic acids is 3. The van der Waals surface area contributed by atoms with Gasteiger partial charge in [0, 0.05) is 5.69 Å². The van der Waals surface area contributed by atoms with E-state index < -0.39 is 24.1 Å². The lowest BCUT2D eigenvalue weighted by Crippen LogP contribution is -2.61. The second kappa shape index (κ2) is 9.56. The molecule has 0 N–H and O–H groups in total. The molecule has 1 fully saturated rings. The number of esters is 2. The van der Waals surface area contributed by atoms with Gasteiger partial charge in [0.2, 0.25) is 6.10 Å². The molecule has 4 rings (SSSR count). The number of nitrogens with zero attached hydrogens (tertiary/aromatic N) is 1. The van der Waals surface area contributed by atoms with E-state index in [4.69, 9.17) is 14.2 Å². The zero-order chi connectivity index (χ0) is 23.4. The molecular weight excluding hydrogens is 422 g/mol. The van der Waals surface area contributed by atoms with Crippen molar-refractivity contribution in [1.82, 2.24) is 0 Å². The topological polar surface area (TPSA) is 82.1 Å². The summed E-state index contributed by atoms with van der Waals surface area (Å²) in [6.07, 6.45) is -0.735. The fraction of sp³-hybridized carbons (Fsp3) is 0.192. The molecular formula is C26H23NO6. The van der Waals surface area contributed by atoms with E-state index in [9.17, 15) is 14.4 Å². The molecule has 0 aromatic heterocycles. The number of anilines is 1. The van der Waals surface area contributed by atoms with Crippen LogP contribution in [0.25, 0.3) is 0 Å². The van der Waals surface area contributed by atoms with Gasteiger partial charge >= 0.3 is 11.9 Å². The molecule has 0 spiro atoms. The highest BCUT2D eigenvalue weighted by molar-refractivity contribution is 6.05. The van der Waals surface area contributed by atoms with Crippen LogP contribution in [-0.2, 0) is 14.3 Å². The summed E-state index contributed by atoms with van der Waals surface area (Å²) in [6, 6.07) is 22.3. The zero-order valence-electron chi connectivity index (χ0n) is 18.3. The standard InChI is InChI=1S/C26H23NO6/c1-3-32-26(30)19-13-15-20(16-14-19)27-22(17-9-11-18(12-10-17)25(29)31-2)23(24(27)28)33-21-7-5-4-6-8-21/h4-16,22-23H,3H2,1-2H3. The predicted molar refractivity (Wildman–Crippen MR) is 121 cm³/mol. The van der Waals surface area contributed by atoms with Crippen molar-refractivity contribution in [1.29, 1.82) is 0 Å². The minimum absolute atomic E-state index is 0.204. The maximum absolute atomic E-state index is 13.1. The number of β-lactam (4-membered cyclic amide) rings is 1. The first-order chi connectivity index (χ1) is 16.0. The van der Waals surface area contributed by atoms with Crippen molar-refractivity contribution in [2.75, 3.05) is 18.6 Å². The van der Waals surface area contributed by atoms with Gasteiger partial charge in [-0.05, 0) is 61.0 Å². The highest BCUT2D eigenvalue weighted by Crippen LogP contribution is 2.41.